The Bertz CT molecular complexity index is 555. The Morgan fingerprint density at radius 2 is 1.95 bits per heavy atom. The SMILES string of the molecule is O=C(Cc1csc(C2CCCC2)n1)c1ccccc1. The lowest BCUT2D eigenvalue weighted by molar-refractivity contribution is 0.0992. The van der Waals surface area contributed by atoms with Crippen molar-refractivity contribution in [2.45, 2.75) is 38.0 Å². The molecule has 0 radical (unpaired) electrons. The fraction of sp³-hybridized carbons (Fsp3) is 0.375. The van der Waals surface area contributed by atoms with Crippen molar-refractivity contribution < 1.29 is 4.79 Å². The predicted molar refractivity (Wildman–Crippen MR) is 77.8 cm³/mol. The quantitative estimate of drug-likeness (QED) is 0.779. The first-order valence-electron chi connectivity index (χ1n) is 6.85. The Kier molecular flexibility index (Phi) is 3.74. The Balaban J connectivity index is 1.68. The summed E-state index contributed by atoms with van der Waals surface area (Å²) in [5.74, 6) is 0.800. The van der Waals surface area contributed by atoms with Gasteiger partial charge in [-0.3, -0.25) is 4.79 Å². The van der Waals surface area contributed by atoms with Crippen molar-refractivity contribution in [3.05, 3.63) is 52.0 Å². The summed E-state index contributed by atoms with van der Waals surface area (Å²) in [4.78, 5) is 16.8. The van der Waals surface area contributed by atoms with Crippen molar-refractivity contribution in [1.82, 2.24) is 4.98 Å². The highest BCUT2D eigenvalue weighted by Crippen LogP contribution is 2.35. The minimum Gasteiger partial charge on any atom is -0.294 e. The Morgan fingerprint density at radius 1 is 1.21 bits per heavy atom. The van der Waals surface area contributed by atoms with Crippen molar-refractivity contribution in [2.75, 3.05) is 0 Å². The third-order valence-electron chi connectivity index (χ3n) is 3.71. The van der Waals surface area contributed by atoms with Crippen molar-refractivity contribution in [3.63, 3.8) is 0 Å². The molecular weight excluding hydrogens is 254 g/mol. The van der Waals surface area contributed by atoms with Crippen LogP contribution in [0.15, 0.2) is 35.7 Å². The largest absolute Gasteiger partial charge is 0.294 e. The van der Waals surface area contributed by atoms with Gasteiger partial charge in [-0.25, -0.2) is 4.98 Å². The zero-order chi connectivity index (χ0) is 13.1. The maximum atomic E-state index is 12.1. The van der Waals surface area contributed by atoms with Crippen LogP contribution in [0.25, 0.3) is 0 Å². The molecular formula is C16H17NOS. The number of hydrogen-bond donors (Lipinski definition) is 0. The highest BCUT2D eigenvalue weighted by atomic mass is 32.1. The first-order valence-corrected chi connectivity index (χ1v) is 7.73. The van der Waals surface area contributed by atoms with Crippen LogP contribution >= 0.6 is 11.3 Å². The maximum absolute atomic E-state index is 12.1. The summed E-state index contributed by atoms with van der Waals surface area (Å²) >= 11 is 1.72. The molecule has 3 heteroatoms. The van der Waals surface area contributed by atoms with E-state index >= 15 is 0 Å². The molecule has 1 saturated carbocycles. The van der Waals surface area contributed by atoms with E-state index in [1.54, 1.807) is 11.3 Å². The summed E-state index contributed by atoms with van der Waals surface area (Å²) in [6.45, 7) is 0. The van der Waals surface area contributed by atoms with E-state index in [9.17, 15) is 4.79 Å². The number of hydrogen-bond acceptors (Lipinski definition) is 3. The zero-order valence-corrected chi connectivity index (χ0v) is 11.7. The first kappa shape index (κ1) is 12.5. The van der Waals surface area contributed by atoms with Gasteiger partial charge < -0.3 is 0 Å². The molecule has 0 atom stereocenters. The molecule has 0 spiro atoms. The molecule has 1 aliphatic rings. The van der Waals surface area contributed by atoms with Crippen LogP contribution in [0.2, 0.25) is 0 Å². The number of carbonyl (C=O) groups is 1. The third-order valence-corrected chi connectivity index (χ3v) is 4.77. The number of Topliss-reactive ketones (excluding diaryl/α,β-unsaturated/α-hetero) is 1. The van der Waals surface area contributed by atoms with Crippen LogP contribution in [0.5, 0.6) is 0 Å². The lowest BCUT2D eigenvalue weighted by Crippen LogP contribution is -2.04. The van der Waals surface area contributed by atoms with Crippen molar-refractivity contribution >= 4 is 17.1 Å². The summed E-state index contributed by atoms with van der Waals surface area (Å²) in [5.41, 5.74) is 1.71. The van der Waals surface area contributed by atoms with E-state index in [0.29, 0.717) is 12.3 Å². The minimum absolute atomic E-state index is 0.156. The molecule has 3 rings (SSSR count). The van der Waals surface area contributed by atoms with Gasteiger partial charge in [0.25, 0.3) is 0 Å². The summed E-state index contributed by atoms with van der Waals surface area (Å²) in [5, 5.41) is 3.28. The average molecular weight is 271 g/mol. The zero-order valence-electron chi connectivity index (χ0n) is 10.8. The molecule has 0 amide bonds. The second-order valence-corrected chi connectivity index (χ2v) is 6.01. The summed E-state index contributed by atoms with van der Waals surface area (Å²) in [6, 6.07) is 9.47. The third kappa shape index (κ3) is 2.92. The van der Waals surface area contributed by atoms with Gasteiger partial charge >= 0.3 is 0 Å². The van der Waals surface area contributed by atoms with Gasteiger partial charge in [0.2, 0.25) is 0 Å². The molecule has 98 valence electrons. The van der Waals surface area contributed by atoms with Crippen LogP contribution in [0.3, 0.4) is 0 Å². The number of rotatable bonds is 4. The number of thiazole rings is 1. The van der Waals surface area contributed by atoms with Gasteiger partial charge in [0.1, 0.15) is 0 Å². The van der Waals surface area contributed by atoms with Crippen LogP contribution in [0, 0.1) is 0 Å². The van der Waals surface area contributed by atoms with Crippen LogP contribution in [0.1, 0.15) is 52.7 Å². The molecule has 1 fully saturated rings. The van der Waals surface area contributed by atoms with Crippen LogP contribution in [-0.2, 0) is 6.42 Å². The molecule has 1 aromatic carbocycles. The van der Waals surface area contributed by atoms with E-state index in [1.165, 1.54) is 30.7 Å². The van der Waals surface area contributed by atoms with E-state index in [0.717, 1.165) is 11.3 Å². The Labute approximate surface area is 117 Å². The Hall–Kier alpha value is -1.48. The van der Waals surface area contributed by atoms with Crippen molar-refractivity contribution in [1.29, 1.82) is 0 Å². The molecule has 0 unspecified atom stereocenters. The summed E-state index contributed by atoms with van der Waals surface area (Å²) in [6.07, 6.45) is 5.59. The van der Waals surface area contributed by atoms with Crippen molar-refractivity contribution in [3.8, 4) is 0 Å². The predicted octanol–water partition coefficient (Wildman–Crippen LogP) is 4.23. The molecule has 2 nitrogen and oxygen atoms in total. The van der Waals surface area contributed by atoms with E-state index in [2.05, 4.69) is 10.4 Å². The molecule has 2 aromatic rings. The standard InChI is InChI=1S/C16H17NOS/c18-15(12-6-2-1-3-7-12)10-14-11-19-16(17-14)13-8-4-5-9-13/h1-3,6-7,11,13H,4-5,8-10H2. The monoisotopic (exact) mass is 271 g/mol. The van der Waals surface area contributed by atoms with E-state index < -0.39 is 0 Å². The highest BCUT2D eigenvalue weighted by molar-refractivity contribution is 7.09. The van der Waals surface area contributed by atoms with Gasteiger partial charge in [0.15, 0.2) is 5.78 Å². The fourth-order valence-electron chi connectivity index (χ4n) is 2.65. The van der Waals surface area contributed by atoms with Crippen LogP contribution in [-0.4, -0.2) is 10.8 Å². The number of ketones is 1. The van der Waals surface area contributed by atoms with Gasteiger partial charge in [-0.2, -0.15) is 0 Å². The van der Waals surface area contributed by atoms with Gasteiger partial charge in [-0.05, 0) is 12.8 Å². The number of aromatic nitrogens is 1. The smallest absolute Gasteiger partial charge is 0.168 e. The molecule has 0 bridgehead atoms. The number of benzene rings is 1. The Morgan fingerprint density at radius 3 is 2.68 bits per heavy atom. The topological polar surface area (TPSA) is 30.0 Å². The number of carbonyl (C=O) groups excluding carboxylic acids is 1. The maximum Gasteiger partial charge on any atom is 0.168 e. The minimum atomic E-state index is 0.156. The fourth-order valence-corrected chi connectivity index (χ4v) is 3.65. The molecule has 0 saturated heterocycles. The van der Waals surface area contributed by atoms with Crippen LogP contribution < -0.4 is 0 Å². The molecule has 19 heavy (non-hydrogen) atoms. The van der Waals surface area contributed by atoms with Gasteiger partial charge in [-0.15, -0.1) is 11.3 Å². The molecule has 1 heterocycles. The summed E-state index contributed by atoms with van der Waals surface area (Å²) < 4.78 is 0. The molecule has 1 aliphatic carbocycles. The normalized spacial score (nSPS) is 15.8. The second kappa shape index (κ2) is 5.66. The second-order valence-electron chi connectivity index (χ2n) is 5.12. The lowest BCUT2D eigenvalue weighted by Gasteiger charge is -2.02. The van der Waals surface area contributed by atoms with E-state index in [1.807, 2.05) is 30.3 Å². The lowest BCUT2D eigenvalue weighted by atomic mass is 10.1. The number of nitrogens with zero attached hydrogens (tertiary/aromatic N) is 1. The van der Waals surface area contributed by atoms with E-state index in [-0.39, 0.29) is 5.78 Å². The summed E-state index contributed by atoms with van der Waals surface area (Å²) in [7, 11) is 0. The van der Waals surface area contributed by atoms with Gasteiger partial charge in [-0.1, -0.05) is 43.2 Å². The molecule has 1 aromatic heterocycles. The molecule has 0 aliphatic heterocycles. The average Bonchev–Trinajstić information content (AvgIpc) is 3.10. The van der Waals surface area contributed by atoms with Crippen molar-refractivity contribution in [2.24, 2.45) is 0 Å². The van der Waals surface area contributed by atoms with Crippen LogP contribution in [0.4, 0.5) is 0 Å². The van der Waals surface area contributed by atoms with E-state index in [4.69, 9.17) is 0 Å². The van der Waals surface area contributed by atoms with Gasteiger partial charge in [0.05, 0.1) is 17.1 Å². The highest BCUT2D eigenvalue weighted by Gasteiger charge is 2.20. The van der Waals surface area contributed by atoms with Gasteiger partial charge in [0, 0.05) is 16.9 Å². The molecule has 0 N–H and O–H groups in total. The first-order chi connectivity index (χ1) is 9.33.